The predicted molar refractivity (Wildman–Crippen MR) is 68.7 cm³/mol. The third-order valence-corrected chi connectivity index (χ3v) is 3.56. The molecule has 0 aromatic heterocycles. The van der Waals surface area contributed by atoms with Crippen LogP contribution in [0.15, 0.2) is 29.8 Å². The highest BCUT2D eigenvalue weighted by Crippen LogP contribution is 2.43. The lowest BCUT2D eigenvalue weighted by atomic mass is 9.86. The van der Waals surface area contributed by atoms with Gasteiger partial charge in [0.2, 0.25) is 0 Å². The maximum absolute atomic E-state index is 12.4. The van der Waals surface area contributed by atoms with E-state index in [0.717, 1.165) is 0 Å². The Labute approximate surface area is 111 Å². The minimum absolute atomic E-state index is 0.149. The van der Waals surface area contributed by atoms with Crippen molar-refractivity contribution in [2.24, 2.45) is 0 Å². The van der Waals surface area contributed by atoms with Crippen molar-refractivity contribution in [1.82, 2.24) is 0 Å². The van der Waals surface area contributed by atoms with E-state index in [4.69, 9.17) is 9.47 Å². The van der Waals surface area contributed by atoms with Gasteiger partial charge >= 0.3 is 0 Å². The number of hydrogen-bond donors (Lipinski definition) is 0. The number of fused-ring (bicyclic) bond motifs is 1. The summed E-state index contributed by atoms with van der Waals surface area (Å²) in [5.74, 6) is 0.264. The molecule has 1 heterocycles. The van der Waals surface area contributed by atoms with E-state index in [2.05, 4.69) is 0 Å². The first-order valence-corrected chi connectivity index (χ1v) is 6.10. The average Bonchev–Trinajstić information content (AvgIpc) is 3.02. The number of ether oxygens (including phenoxy) is 2. The molecule has 98 valence electrons. The summed E-state index contributed by atoms with van der Waals surface area (Å²) < 4.78 is 10.6. The minimum Gasteiger partial charge on any atom is -0.497 e. The zero-order valence-electron chi connectivity index (χ0n) is 11.0. The molecule has 0 spiro atoms. The third kappa shape index (κ3) is 1.79. The third-order valence-electron chi connectivity index (χ3n) is 3.56. The van der Waals surface area contributed by atoms with Crippen LogP contribution in [0.5, 0.6) is 5.75 Å². The molecular formula is C15H14O4. The van der Waals surface area contributed by atoms with Gasteiger partial charge in [-0.1, -0.05) is 0 Å². The summed E-state index contributed by atoms with van der Waals surface area (Å²) >= 11 is 0. The smallest absolute Gasteiger partial charge is 0.192 e. The van der Waals surface area contributed by atoms with E-state index < -0.39 is 0 Å². The minimum atomic E-state index is -0.363. The van der Waals surface area contributed by atoms with Gasteiger partial charge < -0.3 is 9.47 Å². The summed E-state index contributed by atoms with van der Waals surface area (Å²) in [6.45, 7) is 3.80. The molecule has 0 bridgehead atoms. The molecule has 0 N–H and O–H groups in total. The van der Waals surface area contributed by atoms with Crippen LogP contribution in [0.1, 0.15) is 34.6 Å². The van der Waals surface area contributed by atoms with Crippen LogP contribution in [0.2, 0.25) is 0 Å². The SMILES string of the molecule is COc1ccc2c(c1)C(=O)C(C1OC1(C)C)=CC2=O. The number of methoxy groups -OCH3 is 1. The van der Waals surface area contributed by atoms with E-state index in [0.29, 0.717) is 22.4 Å². The molecule has 1 aliphatic carbocycles. The van der Waals surface area contributed by atoms with Crippen LogP contribution in [0, 0.1) is 0 Å². The highest BCUT2D eigenvalue weighted by atomic mass is 16.6. The average molecular weight is 258 g/mol. The van der Waals surface area contributed by atoms with E-state index in [-0.39, 0.29) is 23.3 Å². The molecule has 4 heteroatoms. The molecule has 0 saturated carbocycles. The number of rotatable bonds is 2. The van der Waals surface area contributed by atoms with Crippen LogP contribution >= 0.6 is 0 Å². The molecule has 1 unspecified atom stereocenters. The summed E-state index contributed by atoms with van der Waals surface area (Å²) in [7, 11) is 1.53. The molecule has 0 radical (unpaired) electrons. The molecule has 1 atom stereocenters. The lowest BCUT2D eigenvalue weighted by Gasteiger charge is -2.15. The van der Waals surface area contributed by atoms with Crippen LogP contribution in [0.25, 0.3) is 0 Å². The number of allylic oxidation sites excluding steroid dienone is 1. The lowest BCUT2D eigenvalue weighted by molar-refractivity contribution is 0.0978. The van der Waals surface area contributed by atoms with Gasteiger partial charge in [-0.15, -0.1) is 0 Å². The Kier molecular flexibility index (Phi) is 2.41. The topological polar surface area (TPSA) is 55.9 Å². The molecule has 0 amide bonds. The number of ketones is 2. The molecule has 1 fully saturated rings. The lowest BCUT2D eigenvalue weighted by Crippen LogP contribution is -2.22. The fraction of sp³-hybridized carbons (Fsp3) is 0.333. The van der Waals surface area contributed by atoms with Gasteiger partial charge in [0.1, 0.15) is 11.9 Å². The maximum atomic E-state index is 12.4. The second-order valence-electron chi connectivity index (χ2n) is 5.31. The first-order valence-electron chi connectivity index (χ1n) is 6.10. The number of epoxide rings is 1. The quantitative estimate of drug-likeness (QED) is 0.763. The number of Topliss-reactive ketones (excluding diaryl/α,β-unsaturated/α-hetero) is 1. The molecule has 3 rings (SSSR count). The Bertz CT molecular complexity index is 625. The van der Waals surface area contributed by atoms with Gasteiger partial charge in [-0.05, 0) is 38.1 Å². The molecule has 19 heavy (non-hydrogen) atoms. The van der Waals surface area contributed by atoms with E-state index in [1.807, 2.05) is 13.8 Å². The second kappa shape index (κ2) is 3.78. The Morgan fingerprint density at radius 1 is 1.21 bits per heavy atom. The highest BCUT2D eigenvalue weighted by Gasteiger charge is 2.53. The highest BCUT2D eigenvalue weighted by molar-refractivity contribution is 6.25. The number of carbonyl (C=O) groups is 2. The van der Waals surface area contributed by atoms with Crippen molar-refractivity contribution in [3.8, 4) is 5.75 Å². The van der Waals surface area contributed by atoms with E-state index in [1.165, 1.54) is 13.2 Å². The van der Waals surface area contributed by atoms with Crippen LogP contribution in [0.3, 0.4) is 0 Å². The van der Waals surface area contributed by atoms with Crippen LogP contribution in [-0.2, 0) is 4.74 Å². The fourth-order valence-electron chi connectivity index (χ4n) is 2.40. The van der Waals surface area contributed by atoms with Gasteiger partial charge in [0, 0.05) is 16.7 Å². The summed E-state index contributed by atoms with van der Waals surface area (Å²) in [4.78, 5) is 24.5. The largest absolute Gasteiger partial charge is 0.497 e. The molecule has 4 nitrogen and oxygen atoms in total. The van der Waals surface area contributed by atoms with Crippen molar-refractivity contribution >= 4 is 11.6 Å². The van der Waals surface area contributed by atoms with Crippen molar-refractivity contribution in [1.29, 1.82) is 0 Å². The number of hydrogen-bond acceptors (Lipinski definition) is 4. The Hall–Kier alpha value is -1.94. The molecule has 2 aliphatic rings. The number of carbonyl (C=O) groups excluding carboxylic acids is 2. The van der Waals surface area contributed by atoms with Crippen molar-refractivity contribution in [2.75, 3.05) is 7.11 Å². The zero-order chi connectivity index (χ0) is 13.8. The van der Waals surface area contributed by atoms with Gasteiger partial charge in [-0.25, -0.2) is 0 Å². The summed E-state index contributed by atoms with van der Waals surface area (Å²) in [6, 6.07) is 4.92. The van der Waals surface area contributed by atoms with Gasteiger partial charge in [0.15, 0.2) is 11.6 Å². The summed E-state index contributed by atoms with van der Waals surface area (Å²) in [6.07, 6.45) is 1.11. The van der Waals surface area contributed by atoms with E-state index >= 15 is 0 Å². The van der Waals surface area contributed by atoms with Crippen LogP contribution < -0.4 is 4.74 Å². The summed E-state index contributed by atoms with van der Waals surface area (Å²) in [5.41, 5.74) is 0.898. The Morgan fingerprint density at radius 2 is 1.89 bits per heavy atom. The van der Waals surface area contributed by atoms with Crippen LogP contribution in [0.4, 0.5) is 0 Å². The standard InChI is InChI=1S/C15H14O4/c1-15(2)14(19-15)11-7-12(16)9-5-4-8(18-3)6-10(9)13(11)17/h4-7,14H,1-3H3. The van der Waals surface area contributed by atoms with E-state index in [9.17, 15) is 9.59 Å². The first-order chi connectivity index (χ1) is 8.94. The number of benzene rings is 1. The zero-order valence-corrected chi connectivity index (χ0v) is 11.0. The molecule has 1 aromatic rings. The molecule has 1 aromatic carbocycles. The van der Waals surface area contributed by atoms with Crippen molar-refractivity contribution in [3.63, 3.8) is 0 Å². The second-order valence-corrected chi connectivity index (χ2v) is 5.31. The van der Waals surface area contributed by atoms with Crippen LogP contribution in [-0.4, -0.2) is 30.4 Å². The molecule has 1 aliphatic heterocycles. The van der Waals surface area contributed by atoms with Gasteiger partial charge in [-0.3, -0.25) is 9.59 Å². The van der Waals surface area contributed by atoms with Gasteiger partial charge in [-0.2, -0.15) is 0 Å². The van der Waals surface area contributed by atoms with E-state index in [1.54, 1.807) is 18.2 Å². The van der Waals surface area contributed by atoms with Crippen molar-refractivity contribution < 1.29 is 19.1 Å². The normalized spacial score (nSPS) is 23.7. The van der Waals surface area contributed by atoms with Gasteiger partial charge in [0.25, 0.3) is 0 Å². The predicted octanol–water partition coefficient (Wildman–Crippen LogP) is 2.18. The van der Waals surface area contributed by atoms with Crippen molar-refractivity contribution in [3.05, 3.63) is 41.0 Å². The molecule has 1 saturated heterocycles. The Balaban J connectivity index is 2.05. The molecular weight excluding hydrogens is 244 g/mol. The maximum Gasteiger partial charge on any atom is 0.192 e. The Morgan fingerprint density at radius 3 is 2.47 bits per heavy atom. The summed E-state index contributed by atoms with van der Waals surface area (Å²) in [5, 5.41) is 0. The fourth-order valence-corrected chi connectivity index (χ4v) is 2.40. The first kappa shape index (κ1) is 12.1. The van der Waals surface area contributed by atoms with Gasteiger partial charge in [0.05, 0.1) is 12.7 Å². The van der Waals surface area contributed by atoms with Crippen molar-refractivity contribution in [2.45, 2.75) is 25.6 Å². The monoisotopic (exact) mass is 258 g/mol.